The topological polar surface area (TPSA) is 101 Å². The van der Waals surface area contributed by atoms with E-state index in [-0.39, 0.29) is 24.9 Å². The SMILES string of the molecule is COCC(C)(C)c1c(-c2ccc(C(=O)NCC3(O)CCOC3)cc2)c2cc3[nH]ncc3cc2n1-c1ccc(F)cc1. The Bertz CT molecular complexity index is 1720. The molecule has 212 valence electrons. The van der Waals surface area contributed by atoms with Crippen molar-refractivity contribution in [3.63, 3.8) is 0 Å². The van der Waals surface area contributed by atoms with E-state index < -0.39 is 11.0 Å². The van der Waals surface area contributed by atoms with Gasteiger partial charge in [-0.3, -0.25) is 9.89 Å². The van der Waals surface area contributed by atoms with Gasteiger partial charge >= 0.3 is 0 Å². The molecule has 3 N–H and O–H groups in total. The van der Waals surface area contributed by atoms with Gasteiger partial charge in [-0.15, -0.1) is 0 Å². The van der Waals surface area contributed by atoms with Crippen molar-refractivity contribution < 1.29 is 23.8 Å². The molecule has 5 aromatic rings. The summed E-state index contributed by atoms with van der Waals surface area (Å²) in [5.41, 5.74) is 4.62. The van der Waals surface area contributed by atoms with E-state index in [4.69, 9.17) is 9.47 Å². The molecule has 2 aromatic heterocycles. The third-order valence-electron chi connectivity index (χ3n) is 7.85. The number of nitrogens with zero attached hydrogens (tertiary/aromatic N) is 2. The molecule has 0 saturated carbocycles. The molecule has 6 rings (SSSR count). The van der Waals surface area contributed by atoms with Gasteiger partial charge < -0.3 is 24.5 Å². The van der Waals surface area contributed by atoms with Crippen LogP contribution in [0.25, 0.3) is 38.6 Å². The van der Waals surface area contributed by atoms with Crippen LogP contribution in [-0.4, -0.2) is 64.9 Å². The number of benzene rings is 3. The van der Waals surface area contributed by atoms with E-state index in [0.29, 0.717) is 25.2 Å². The molecule has 1 aliphatic heterocycles. The van der Waals surface area contributed by atoms with Crippen LogP contribution in [0, 0.1) is 5.82 Å². The summed E-state index contributed by atoms with van der Waals surface area (Å²) in [5.74, 6) is -0.563. The standard InChI is InChI=1S/C32H33FN4O4/c1-31(2,18-40-3)29-28(20-4-6-21(7-5-20)30(38)34-17-32(39)12-13-41-19-32)25-15-26-22(16-35-36-26)14-27(25)37(29)24-10-8-23(33)9-11-24/h4-11,14-16,39H,12-13,17-19H2,1-3H3,(H,34,38)(H,35,36). The zero-order chi connectivity index (χ0) is 28.8. The highest BCUT2D eigenvalue weighted by atomic mass is 19.1. The van der Waals surface area contributed by atoms with Crippen LogP contribution >= 0.6 is 0 Å². The molecule has 1 amide bonds. The van der Waals surface area contributed by atoms with E-state index in [0.717, 1.165) is 44.3 Å². The van der Waals surface area contributed by atoms with Crippen LogP contribution in [0.4, 0.5) is 4.39 Å². The van der Waals surface area contributed by atoms with Gasteiger partial charge in [0.15, 0.2) is 0 Å². The maximum atomic E-state index is 14.0. The molecule has 0 radical (unpaired) electrons. The van der Waals surface area contributed by atoms with Gasteiger partial charge in [0.05, 0.1) is 30.4 Å². The van der Waals surface area contributed by atoms with Crippen molar-refractivity contribution in [1.82, 2.24) is 20.1 Å². The summed E-state index contributed by atoms with van der Waals surface area (Å²) in [4.78, 5) is 12.9. The van der Waals surface area contributed by atoms with Crippen molar-refractivity contribution >= 4 is 27.7 Å². The zero-order valence-electron chi connectivity index (χ0n) is 23.3. The Kier molecular flexibility index (Phi) is 6.89. The smallest absolute Gasteiger partial charge is 0.251 e. The van der Waals surface area contributed by atoms with Crippen LogP contribution in [0.15, 0.2) is 66.9 Å². The molecule has 1 unspecified atom stereocenters. The van der Waals surface area contributed by atoms with E-state index >= 15 is 0 Å². The predicted molar refractivity (Wildman–Crippen MR) is 156 cm³/mol. The summed E-state index contributed by atoms with van der Waals surface area (Å²) < 4.78 is 27.1. The van der Waals surface area contributed by atoms with Crippen LogP contribution in [0.2, 0.25) is 0 Å². The number of aromatic nitrogens is 3. The molecular weight excluding hydrogens is 523 g/mol. The Balaban J connectivity index is 1.50. The highest BCUT2D eigenvalue weighted by molar-refractivity contribution is 6.06. The van der Waals surface area contributed by atoms with Crippen LogP contribution < -0.4 is 5.32 Å². The number of carbonyl (C=O) groups excluding carboxylic acids is 1. The number of methoxy groups -OCH3 is 1. The van der Waals surface area contributed by atoms with E-state index in [1.54, 1.807) is 37.6 Å². The van der Waals surface area contributed by atoms with Crippen LogP contribution in [0.5, 0.6) is 0 Å². The van der Waals surface area contributed by atoms with Gasteiger partial charge in [-0.2, -0.15) is 5.10 Å². The van der Waals surface area contributed by atoms with Crippen LogP contribution in [0.1, 0.15) is 36.3 Å². The third kappa shape index (κ3) is 5.01. The Hall–Kier alpha value is -4.05. The minimum atomic E-state index is -1.03. The average Bonchev–Trinajstić information content (AvgIpc) is 3.68. The fourth-order valence-corrected chi connectivity index (χ4v) is 5.82. The largest absolute Gasteiger partial charge is 0.386 e. The molecule has 1 fully saturated rings. The Morgan fingerprint density at radius 1 is 1.20 bits per heavy atom. The van der Waals surface area contributed by atoms with Crippen molar-refractivity contribution in [2.24, 2.45) is 0 Å². The zero-order valence-corrected chi connectivity index (χ0v) is 23.3. The second-order valence-corrected chi connectivity index (χ2v) is 11.5. The molecule has 0 spiro atoms. The van der Waals surface area contributed by atoms with E-state index in [9.17, 15) is 14.3 Å². The number of carbonyl (C=O) groups is 1. The number of H-pyrrole nitrogens is 1. The van der Waals surface area contributed by atoms with Crippen LogP contribution in [-0.2, 0) is 14.9 Å². The summed E-state index contributed by atoms with van der Waals surface area (Å²) in [6.07, 6.45) is 2.28. The molecule has 1 aliphatic rings. The number of halogens is 1. The summed E-state index contributed by atoms with van der Waals surface area (Å²) >= 11 is 0. The van der Waals surface area contributed by atoms with E-state index in [2.05, 4.69) is 46.1 Å². The molecule has 1 atom stereocenters. The normalized spacial score (nSPS) is 17.5. The van der Waals surface area contributed by atoms with Gasteiger partial charge in [0.2, 0.25) is 0 Å². The average molecular weight is 557 g/mol. The maximum Gasteiger partial charge on any atom is 0.251 e. The predicted octanol–water partition coefficient (Wildman–Crippen LogP) is 5.12. The van der Waals surface area contributed by atoms with E-state index in [1.807, 2.05) is 12.1 Å². The van der Waals surface area contributed by atoms with Crippen molar-refractivity contribution in [3.8, 4) is 16.8 Å². The molecule has 41 heavy (non-hydrogen) atoms. The lowest BCUT2D eigenvalue weighted by atomic mass is 9.84. The number of aliphatic hydroxyl groups is 1. The summed E-state index contributed by atoms with van der Waals surface area (Å²) in [6.45, 7) is 5.54. The van der Waals surface area contributed by atoms with Crippen molar-refractivity contribution in [1.29, 1.82) is 0 Å². The molecule has 0 aliphatic carbocycles. The number of hydrogen-bond acceptors (Lipinski definition) is 5. The monoisotopic (exact) mass is 556 g/mol. The van der Waals surface area contributed by atoms with Crippen molar-refractivity contribution in [2.45, 2.75) is 31.3 Å². The van der Waals surface area contributed by atoms with Crippen molar-refractivity contribution in [2.75, 3.05) is 33.5 Å². The summed E-state index contributed by atoms with van der Waals surface area (Å²) in [6, 6.07) is 18.1. The first-order chi connectivity index (χ1) is 19.7. The van der Waals surface area contributed by atoms with Gasteiger partial charge in [-0.25, -0.2) is 4.39 Å². The number of fused-ring (bicyclic) bond motifs is 2. The summed E-state index contributed by atoms with van der Waals surface area (Å²) in [5, 5.41) is 22.6. The fourth-order valence-electron chi connectivity index (χ4n) is 5.82. The lowest BCUT2D eigenvalue weighted by Gasteiger charge is -2.28. The number of hydrogen-bond donors (Lipinski definition) is 3. The maximum absolute atomic E-state index is 14.0. The first-order valence-corrected chi connectivity index (χ1v) is 13.6. The second kappa shape index (κ2) is 10.4. The molecule has 3 aromatic carbocycles. The quantitative estimate of drug-likeness (QED) is 0.246. The lowest BCUT2D eigenvalue weighted by molar-refractivity contribution is 0.0264. The lowest BCUT2D eigenvalue weighted by Crippen LogP contribution is -2.43. The number of rotatable bonds is 8. The number of ether oxygens (including phenoxy) is 2. The van der Waals surface area contributed by atoms with Gasteiger partial charge in [-0.05, 0) is 54.1 Å². The molecular formula is C32H33FN4O4. The molecule has 3 heterocycles. The molecule has 8 nitrogen and oxygen atoms in total. The summed E-state index contributed by atoms with van der Waals surface area (Å²) in [7, 11) is 1.68. The van der Waals surface area contributed by atoms with Gasteiger partial charge in [0.1, 0.15) is 11.4 Å². The number of nitrogens with one attached hydrogen (secondary N) is 2. The number of aromatic amines is 1. The molecule has 1 saturated heterocycles. The Morgan fingerprint density at radius 3 is 2.63 bits per heavy atom. The highest BCUT2D eigenvalue weighted by Crippen LogP contribution is 2.44. The van der Waals surface area contributed by atoms with E-state index in [1.165, 1.54) is 12.1 Å². The number of amides is 1. The molecule has 9 heteroatoms. The van der Waals surface area contributed by atoms with Gasteiger partial charge in [0.25, 0.3) is 5.91 Å². The van der Waals surface area contributed by atoms with Crippen LogP contribution in [0.3, 0.4) is 0 Å². The fraction of sp³-hybridized carbons (Fsp3) is 0.312. The first-order valence-electron chi connectivity index (χ1n) is 13.6. The van der Waals surface area contributed by atoms with Crippen molar-refractivity contribution in [3.05, 3.63) is 83.9 Å². The minimum absolute atomic E-state index is 0.133. The second-order valence-electron chi connectivity index (χ2n) is 11.5. The Labute approximate surface area is 237 Å². The van der Waals surface area contributed by atoms with Gasteiger partial charge in [0, 0.05) is 65.4 Å². The first kappa shape index (κ1) is 27.1. The highest BCUT2D eigenvalue weighted by Gasteiger charge is 2.34. The third-order valence-corrected chi connectivity index (χ3v) is 7.85. The molecule has 0 bridgehead atoms. The Morgan fingerprint density at radius 2 is 1.95 bits per heavy atom. The minimum Gasteiger partial charge on any atom is -0.386 e. The van der Waals surface area contributed by atoms with Gasteiger partial charge in [-0.1, -0.05) is 26.0 Å².